The van der Waals surface area contributed by atoms with Crippen molar-refractivity contribution < 1.29 is 14.3 Å². The smallest absolute Gasteiger partial charge is 0.253 e. The Labute approximate surface area is 125 Å². The molecule has 0 saturated carbocycles. The highest BCUT2D eigenvalue weighted by atomic mass is 19.1. The molecule has 0 aromatic heterocycles. The van der Waals surface area contributed by atoms with Gasteiger partial charge >= 0.3 is 0 Å². The maximum absolute atomic E-state index is 13.9. The van der Waals surface area contributed by atoms with Crippen LogP contribution in [0, 0.1) is 17.7 Å². The van der Waals surface area contributed by atoms with Crippen LogP contribution in [0.3, 0.4) is 0 Å². The van der Waals surface area contributed by atoms with Gasteiger partial charge in [0.25, 0.3) is 5.91 Å². The number of rotatable bonds is 5. The largest absolute Gasteiger partial charge is 0.395 e. The summed E-state index contributed by atoms with van der Waals surface area (Å²) in [6.45, 7) is 3.99. The monoisotopic (exact) mass is 291 g/mol. The van der Waals surface area contributed by atoms with Crippen LogP contribution in [0.1, 0.15) is 49.0 Å². The summed E-state index contributed by atoms with van der Waals surface area (Å²) in [5, 5.41) is 8.64. The van der Waals surface area contributed by atoms with E-state index in [1.807, 2.05) is 6.92 Å². The van der Waals surface area contributed by atoms with E-state index >= 15 is 0 Å². The third-order valence-corrected chi connectivity index (χ3v) is 3.36. The topological polar surface area (TPSA) is 40.5 Å². The van der Waals surface area contributed by atoms with Crippen LogP contribution < -0.4 is 0 Å². The van der Waals surface area contributed by atoms with Gasteiger partial charge in [-0.05, 0) is 31.5 Å². The molecule has 1 aromatic rings. The molecule has 1 unspecified atom stereocenters. The summed E-state index contributed by atoms with van der Waals surface area (Å²) in [5.41, 5.74) is 0.565. The zero-order valence-corrected chi connectivity index (χ0v) is 12.8. The van der Waals surface area contributed by atoms with Gasteiger partial charge in [-0.2, -0.15) is 0 Å². The summed E-state index contributed by atoms with van der Waals surface area (Å²) >= 11 is 0. The maximum Gasteiger partial charge on any atom is 0.253 e. The lowest BCUT2D eigenvalue weighted by molar-refractivity contribution is 0.0736. The summed E-state index contributed by atoms with van der Waals surface area (Å²) in [7, 11) is 1.73. The second-order valence-electron chi connectivity index (χ2n) is 5.02. The van der Waals surface area contributed by atoms with Crippen LogP contribution in [-0.2, 0) is 0 Å². The van der Waals surface area contributed by atoms with E-state index in [-0.39, 0.29) is 24.1 Å². The Morgan fingerprint density at radius 3 is 2.76 bits per heavy atom. The molecule has 0 aliphatic rings. The lowest BCUT2D eigenvalue weighted by atomic mass is 10.1. The molecular weight excluding hydrogens is 269 g/mol. The zero-order valence-electron chi connectivity index (χ0n) is 12.8. The Kier molecular flexibility index (Phi) is 6.90. The number of benzene rings is 1. The van der Waals surface area contributed by atoms with E-state index in [9.17, 15) is 9.18 Å². The number of carbonyl (C=O) groups excluding carboxylic acids is 1. The molecule has 0 radical (unpaired) electrons. The average Bonchev–Trinajstić information content (AvgIpc) is 2.47. The summed E-state index contributed by atoms with van der Waals surface area (Å²) in [6, 6.07) is 4.43. The number of carbonyl (C=O) groups is 1. The fourth-order valence-corrected chi connectivity index (χ4v) is 1.98. The van der Waals surface area contributed by atoms with Crippen LogP contribution in [-0.4, -0.2) is 35.6 Å². The van der Waals surface area contributed by atoms with Crippen molar-refractivity contribution in [1.82, 2.24) is 4.90 Å². The highest BCUT2D eigenvalue weighted by Crippen LogP contribution is 2.14. The van der Waals surface area contributed by atoms with Crippen LogP contribution in [0.25, 0.3) is 0 Å². The van der Waals surface area contributed by atoms with Gasteiger partial charge in [0.15, 0.2) is 0 Å². The van der Waals surface area contributed by atoms with Gasteiger partial charge in [-0.15, -0.1) is 0 Å². The van der Waals surface area contributed by atoms with Crippen molar-refractivity contribution in [3.05, 3.63) is 35.1 Å². The van der Waals surface area contributed by atoms with Gasteiger partial charge < -0.3 is 10.0 Å². The Balaban J connectivity index is 2.88. The quantitative estimate of drug-likeness (QED) is 0.847. The normalized spacial score (nSPS) is 11.5. The van der Waals surface area contributed by atoms with Crippen molar-refractivity contribution >= 4 is 5.91 Å². The number of hydrogen-bond donors (Lipinski definition) is 1. The van der Waals surface area contributed by atoms with E-state index in [0.29, 0.717) is 12.0 Å². The lowest BCUT2D eigenvalue weighted by Gasteiger charge is -2.24. The lowest BCUT2D eigenvalue weighted by Crippen LogP contribution is -2.35. The molecule has 0 fully saturated rings. The first kappa shape index (κ1) is 17.2. The molecule has 1 atom stereocenters. The summed E-state index contributed by atoms with van der Waals surface area (Å²) in [5.74, 6) is 4.60. The second kappa shape index (κ2) is 8.43. The first-order valence-corrected chi connectivity index (χ1v) is 7.17. The minimum absolute atomic E-state index is 0.0503. The van der Waals surface area contributed by atoms with E-state index in [4.69, 9.17) is 5.11 Å². The molecule has 0 bridgehead atoms. The van der Waals surface area contributed by atoms with Gasteiger partial charge in [0.1, 0.15) is 5.82 Å². The predicted octanol–water partition coefficient (Wildman–Crippen LogP) is 2.82. The van der Waals surface area contributed by atoms with Gasteiger partial charge in [-0.3, -0.25) is 4.79 Å². The van der Waals surface area contributed by atoms with E-state index in [0.717, 1.165) is 12.8 Å². The minimum Gasteiger partial charge on any atom is -0.395 e. The first-order valence-electron chi connectivity index (χ1n) is 7.17. The number of aliphatic hydroxyl groups excluding tert-OH is 1. The van der Waals surface area contributed by atoms with Gasteiger partial charge in [0.2, 0.25) is 0 Å². The van der Waals surface area contributed by atoms with Crippen LogP contribution in [0.2, 0.25) is 0 Å². The highest BCUT2D eigenvalue weighted by molar-refractivity contribution is 5.94. The van der Waals surface area contributed by atoms with E-state index in [1.54, 1.807) is 18.0 Å². The molecule has 1 N–H and O–H groups in total. The summed E-state index contributed by atoms with van der Waals surface area (Å²) in [6.07, 6.45) is 2.21. The molecule has 21 heavy (non-hydrogen) atoms. The molecule has 1 rings (SSSR count). The van der Waals surface area contributed by atoms with E-state index < -0.39 is 5.82 Å². The molecule has 0 spiro atoms. The van der Waals surface area contributed by atoms with Gasteiger partial charge in [-0.1, -0.05) is 25.2 Å². The van der Waals surface area contributed by atoms with Gasteiger partial charge in [0, 0.05) is 25.1 Å². The number of halogens is 1. The zero-order chi connectivity index (χ0) is 15.8. The third kappa shape index (κ3) is 4.87. The Bertz CT molecular complexity index is 545. The molecule has 0 heterocycles. The van der Waals surface area contributed by atoms with Crippen molar-refractivity contribution in [3.8, 4) is 11.8 Å². The van der Waals surface area contributed by atoms with Crippen molar-refractivity contribution in [1.29, 1.82) is 0 Å². The van der Waals surface area contributed by atoms with Crippen molar-refractivity contribution in [2.75, 3.05) is 13.7 Å². The molecule has 0 aliphatic carbocycles. The molecule has 0 aliphatic heterocycles. The van der Waals surface area contributed by atoms with Crippen LogP contribution in [0.4, 0.5) is 4.39 Å². The van der Waals surface area contributed by atoms with Crippen LogP contribution >= 0.6 is 0 Å². The predicted molar refractivity (Wildman–Crippen MR) is 81.4 cm³/mol. The fourth-order valence-electron chi connectivity index (χ4n) is 1.98. The third-order valence-electron chi connectivity index (χ3n) is 3.36. The Hall–Kier alpha value is -1.86. The number of aliphatic hydroxyl groups is 1. The highest BCUT2D eigenvalue weighted by Gasteiger charge is 2.17. The molecule has 114 valence electrons. The van der Waals surface area contributed by atoms with Crippen molar-refractivity contribution in [2.24, 2.45) is 0 Å². The van der Waals surface area contributed by atoms with Crippen LogP contribution in [0.5, 0.6) is 0 Å². The van der Waals surface area contributed by atoms with Crippen molar-refractivity contribution in [3.63, 3.8) is 0 Å². The molecule has 1 amide bonds. The second-order valence-corrected chi connectivity index (χ2v) is 5.02. The molecule has 3 nitrogen and oxygen atoms in total. The number of nitrogens with zero attached hydrogens (tertiary/aromatic N) is 1. The average molecular weight is 291 g/mol. The Morgan fingerprint density at radius 2 is 2.19 bits per heavy atom. The van der Waals surface area contributed by atoms with Crippen molar-refractivity contribution in [2.45, 2.75) is 39.2 Å². The fraction of sp³-hybridized carbons (Fsp3) is 0.471. The first-order chi connectivity index (χ1) is 10.0. The van der Waals surface area contributed by atoms with Gasteiger partial charge in [0.05, 0.1) is 12.2 Å². The summed E-state index contributed by atoms with van der Waals surface area (Å²) < 4.78 is 13.9. The van der Waals surface area contributed by atoms with Gasteiger partial charge in [-0.25, -0.2) is 4.39 Å². The molecular formula is C17H22FNO2. The minimum atomic E-state index is -0.511. The molecule has 4 heteroatoms. The molecule has 0 saturated heterocycles. The maximum atomic E-state index is 13.9. The van der Waals surface area contributed by atoms with E-state index in [2.05, 4.69) is 18.8 Å². The number of amides is 1. The standard InChI is InChI=1S/C17H22FNO2/c1-4-7-13(2)19(3)17(21)15-10-9-14(16(18)12-15)8-5-6-11-20/h9-10,12-13,20H,4,6-7,11H2,1-3H3. The SMILES string of the molecule is CCCC(C)N(C)C(=O)c1ccc(C#CCCO)c(F)c1. The summed E-state index contributed by atoms with van der Waals surface area (Å²) in [4.78, 5) is 13.9. The number of hydrogen-bond acceptors (Lipinski definition) is 2. The molecule has 1 aromatic carbocycles. The Morgan fingerprint density at radius 1 is 1.48 bits per heavy atom. The van der Waals surface area contributed by atoms with E-state index in [1.165, 1.54) is 12.1 Å². The van der Waals surface area contributed by atoms with Crippen LogP contribution in [0.15, 0.2) is 18.2 Å².